The Morgan fingerprint density at radius 1 is 1.08 bits per heavy atom. The summed E-state index contributed by atoms with van der Waals surface area (Å²) < 4.78 is 0. The van der Waals surface area contributed by atoms with Gasteiger partial charge in [0.25, 0.3) is 0 Å². The van der Waals surface area contributed by atoms with E-state index in [1.165, 1.54) is 0 Å². The predicted molar refractivity (Wildman–Crippen MR) is 52.2 cm³/mol. The molecule has 0 aromatic rings. The van der Waals surface area contributed by atoms with Crippen LogP contribution in [0.25, 0.3) is 0 Å². The second-order valence-electron chi connectivity index (χ2n) is 3.21. The van der Waals surface area contributed by atoms with Gasteiger partial charge in [0.2, 0.25) is 0 Å². The first kappa shape index (κ1) is 12.8. The molecule has 0 aliphatic rings. The molecule has 0 heterocycles. The number of aliphatic hydroxyl groups is 2. The van der Waals surface area contributed by atoms with Crippen LogP contribution in [0.3, 0.4) is 0 Å². The molecule has 0 radical (unpaired) electrons. The standard InChI is InChI=1S/C8H21N3O2/c1-7(9-2,10-3)8(13,11-4)5-6-12/h9-13H,5-6H2,1-4H3. The van der Waals surface area contributed by atoms with Gasteiger partial charge < -0.3 is 10.2 Å². The van der Waals surface area contributed by atoms with Gasteiger partial charge in [-0.15, -0.1) is 0 Å². The van der Waals surface area contributed by atoms with Crippen molar-refractivity contribution in [2.75, 3.05) is 27.7 Å². The van der Waals surface area contributed by atoms with Crippen LogP contribution in [-0.4, -0.2) is 49.4 Å². The molecule has 0 aromatic carbocycles. The second kappa shape index (κ2) is 4.88. The summed E-state index contributed by atoms with van der Waals surface area (Å²) in [7, 11) is 5.15. The molecule has 0 aliphatic carbocycles. The van der Waals surface area contributed by atoms with Crippen molar-refractivity contribution < 1.29 is 10.2 Å². The van der Waals surface area contributed by atoms with E-state index in [0.29, 0.717) is 0 Å². The zero-order chi connectivity index (χ0) is 10.5. The molecule has 0 fully saturated rings. The normalized spacial score (nSPS) is 17.1. The van der Waals surface area contributed by atoms with Crippen LogP contribution in [-0.2, 0) is 0 Å². The Balaban J connectivity index is 4.68. The minimum absolute atomic E-state index is 0.0731. The van der Waals surface area contributed by atoms with Crippen LogP contribution in [0.5, 0.6) is 0 Å². The first-order valence-corrected chi connectivity index (χ1v) is 4.39. The summed E-state index contributed by atoms with van der Waals surface area (Å²) in [4.78, 5) is 0. The zero-order valence-corrected chi connectivity index (χ0v) is 8.81. The predicted octanol–water partition coefficient (Wildman–Crippen LogP) is -1.57. The van der Waals surface area contributed by atoms with Crippen LogP contribution in [0.2, 0.25) is 0 Å². The molecular weight excluding hydrogens is 170 g/mol. The number of rotatable bonds is 6. The van der Waals surface area contributed by atoms with E-state index < -0.39 is 11.4 Å². The van der Waals surface area contributed by atoms with Gasteiger partial charge in [-0.25, -0.2) is 0 Å². The first-order valence-electron chi connectivity index (χ1n) is 4.39. The third-order valence-corrected chi connectivity index (χ3v) is 2.71. The second-order valence-corrected chi connectivity index (χ2v) is 3.21. The number of likely N-dealkylation sites (N-methyl/N-ethyl adjacent to an activating group) is 3. The molecule has 0 spiro atoms. The van der Waals surface area contributed by atoms with Crippen molar-refractivity contribution in [1.29, 1.82) is 0 Å². The third-order valence-electron chi connectivity index (χ3n) is 2.71. The maximum atomic E-state index is 10.1. The van der Waals surface area contributed by atoms with Gasteiger partial charge in [-0.2, -0.15) is 0 Å². The molecule has 5 N–H and O–H groups in total. The highest BCUT2D eigenvalue weighted by atomic mass is 16.3. The number of hydrogen-bond acceptors (Lipinski definition) is 5. The largest absolute Gasteiger partial charge is 0.396 e. The molecule has 0 aliphatic heterocycles. The quantitative estimate of drug-likeness (QED) is 0.328. The summed E-state index contributed by atoms with van der Waals surface area (Å²) in [6.45, 7) is 1.75. The molecule has 0 bridgehead atoms. The Kier molecular flexibility index (Phi) is 4.80. The number of hydrogen-bond donors (Lipinski definition) is 5. The highest BCUT2D eigenvalue weighted by Crippen LogP contribution is 2.19. The molecule has 0 saturated carbocycles. The minimum atomic E-state index is -1.18. The van der Waals surface area contributed by atoms with Crippen molar-refractivity contribution >= 4 is 0 Å². The van der Waals surface area contributed by atoms with Crippen LogP contribution >= 0.6 is 0 Å². The van der Waals surface area contributed by atoms with Gasteiger partial charge in [-0.1, -0.05) is 0 Å². The fourth-order valence-electron chi connectivity index (χ4n) is 1.33. The number of aliphatic hydroxyl groups excluding tert-OH is 1. The van der Waals surface area contributed by atoms with Gasteiger partial charge in [-0.3, -0.25) is 16.0 Å². The van der Waals surface area contributed by atoms with Crippen molar-refractivity contribution in [2.45, 2.75) is 24.7 Å². The summed E-state index contributed by atoms with van der Waals surface area (Å²) >= 11 is 0. The summed E-state index contributed by atoms with van der Waals surface area (Å²) in [5.41, 5.74) is -1.85. The van der Waals surface area contributed by atoms with Crippen LogP contribution < -0.4 is 16.0 Å². The Morgan fingerprint density at radius 3 is 1.77 bits per heavy atom. The van der Waals surface area contributed by atoms with E-state index in [0.717, 1.165) is 0 Å². The van der Waals surface area contributed by atoms with E-state index in [1.807, 2.05) is 6.92 Å². The average molecular weight is 191 g/mol. The highest BCUT2D eigenvalue weighted by molar-refractivity contribution is 4.96. The average Bonchev–Trinajstić information content (AvgIpc) is 2.16. The molecule has 5 heteroatoms. The van der Waals surface area contributed by atoms with Gasteiger partial charge in [0.1, 0.15) is 11.4 Å². The van der Waals surface area contributed by atoms with Crippen LogP contribution in [0.1, 0.15) is 13.3 Å². The van der Waals surface area contributed by atoms with Crippen molar-refractivity contribution in [3.63, 3.8) is 0 Å². The molecule has 1 unspecified atom stereocenters. The molecule has 13 heavy (non-hydrogen) atoms. The van der Waals surface area contributed by atoms with Crippen LogP contribution in [0, 0.1) is 0 Å². The van der Waals surface area contributed by atoms with Crippen molar-refractivity contribution in [1.82, 2.24) is 16.0 Å². The van der Waals surface area contributed by atoms with Gasteiger partial charge in [-0.05, 0) is 28.1 Å². The van der Waals surface area contributed by atoms with Crippen molar-refractivity contribution in [3.8, 4) is 0 Å². The van der Waals surface area contributed by atoms with Crippen LogP contribution in [0.15, 0.2) is 0 Å². The molecular formula is C8H21N3O2. The van der Waals surface area contributed by atoms with Gasteiger partial charge >= 0.3 is 0 Å². The van der Waals surface area contributed by atoms with Gasteiger partial charge in [0.05, 0.1) is 0 Å². The fraction of sp³-hybridized carbons (Fsp3) is 1.00. The third kappa shape index (κ3) is 2.38. The molecule has 0 amide bonds. The Morgan fingerprint density at radius 2 is 1.54 bits per heavy atom. The molecule has 1 atom stereocenters. The maximum Gasteiger partial charge on any atom is 0.149 e. The monoisotopic (exact) mass is 191 g/mol. The zero-order valence-electron chi connectivity index (χ0n) is 8.81. The van der Waals surface area contributed by atoms with Gasteiger partial charge in [0.15, 0.2) is 0 Å². The minimum Gasteiger partial charge on any atom is -0.396 e. The van der Waals surface area contributed by atoms with E-state index in [9.17, 15) is 5.11 Å². The molecule has 0 saturated heterocycles. The Bertz CT molecular complexity index is 150. The lowest BCUT2D eigenvalue weighted by molar-refractivity contribution is -0.0917. The summed E-state index contributed by atoms with van der Waals surface area (Å²) in [5.74, 6) is 0. The summed E-state index contributed by atoms with van der Waals surface area (Å²) in [6.07, 6.45) is 0.252. The summed E-state index contributed by atoms with van der Waals surface area (Å²) in [5, 5.41) is 27.7. The maximum absolute atomic E-state index is 10.1. The van der Waals surface area contributed by atoms with E-state index in [2.05, 4.69) is 16.0 Å². The lowest BCUT2D eigenvalue weighted by Crippen LogP contribution is -2.72. The first-order chi connectivity index (χ1) is 5.99. The smallest absolute Gasteiger partial charge is 0.149 e. The van der Waals surface area contributed by atoms with Crippen molar-refractivity contribution in [2.24, 2.45) is 0 Å². The van der Waals surface area contributed by atoms with Gasteiger partial charge in [0, 0.05) is 13.0 Å². The SMILES string of the molecule is CNC(O)(CCO)C(C)(NC)NC. The van der Waals surface area contributed by atoms with Crippen molar-refractivity contribution in [3.05, 3.63) is 0 Å². The number of nitrogens with one attached hydrogen (secondary N) is 3. The molecule has 5 nitrogen and oxygen atoms in total. The molecule has 0 aromatic heterocycles. The van der Waals surface area contributed by atoms with E-state index in [1.54, 1.807) is 21.1 Å². The van der Waals surface area contributed by atoms with E-state index in [-0.39, 0.29) is 13.0 Å². The molecule has 80 valence electrons. The van der Waals surface area contributed by atoms with E-state index in [4.69, 9.17) is 5.11 Å². The summed E-state index contributed by atoms with van der Waals surface area (Å²) in [6, 6.07) is 0. The Labute approximate surface area is 79.5 Å². The lowest BCUT2D eigenvalue weighted by Gasteiger charge is -2.44. The Hall–Kier alpha value is -0.200. The van der Waals surface area contributed by atoms with E-state index >= 15 is 0 Å². The van der Waals surface area contributed by atoms with Crippen LogP contribution in [0.4, 0.5) is 0 Å². The lowest BCUT2D eigenvalue weighted by atomic mass is 9.94. The molecule has 0 rings (SSSR count). The highest BCUT2D eigenvalue weighted by Gasteiger charge is 2.43. The topological polar surface area (TPSA) is 76.5 Å². The fourth-order valence-corrected chi connectivity index (χ4v) is 1.33.